The number of amides is 3. The molecule has 5 nitrogen and oxygen atoms in total. The summed E-state index contributed by atoms with van der Waals surface area (Å²) in [5.74, 6) is -4.50. The van der Waals surface area contributed by atoms with Crippen molar-refractivity contribution < 1.29 is 22.8 Å². The lowest BCUT2D eigenvalue weighted by Gasteiger charge is -2.46. The number of carbonyl (C=O) groups excluding carboxylic acids is 2. The maximum atomic E-state index is 13.9. The maximum absolute atomic E-state index is 13.9. The van der Waals surface area contributed by atoms with E-state index in [4.69, 9.17) is 0 Å². The number of hydrogen-bond acceptors (Lipinski definition) is 2. The van der Waals surface area contributed by atoms with Crippen LogP contribution in [0.15, 0.2) is 36.4 Å². The summed E-state index contributed by atoms with van der Waals surface area (Å²) in [6.45, 7) is 2.68. The average molecular weight is 389 g/mol. The van der Waals surface area contributed by atoms with Crippen molar-refractivity contribution in [2.75, 3.05) is 25.0 Å². The number of fused-ring (bicyclic) bond motifs is 3. The molecule has 2 aromatic carbocycles. The highest BCUT2D eigenvalue weighted by atomic mass is 19.2. The molecular formula is C20H18F3N3O2. The Morgan fingerprint density at radius 2 is 1.75 bits per heavy atom. The molecule has 0 saturated carbocycles. The minimum absolute atomic E-state index is 0.164. The van der Waals surface area contributed by atoms with E-state index in [-0.39, 0.29) is 31.0 Å². The number of anilines is 1. The van der Waals surface area contributed by atoms with Crippen molar-refractivity contribution in [3.05, 3.63) is 65.0 Å². The van der Waals surface area contributed by atoms with Gasteiger partial charge in [0.15, 0.2) is 17.5 Å². The van der Waals surface area contributed by atoms with E-state index in [1.165, 1.54) is 4.90 Å². The molecule has 0 aromatic heterocycles. The first-order chi connectivity index (χ1) is 13.4. The first-order valence-corrected chi connectivity index (χ1v) is 8.94. The fraction of sp³-hybridized carbons (Fsp3) is 0.300. The highest BCUT2D eigenvalue weighted by Gasteiger charge is 2.40. The van der Waals surface area contributed by atoms with Crippen LogP contribution in [-0.2, 0) is 4.79 Å². The summed E-state index contributed by atoms with van der Waals surface area (Å²) >= 11 is 0. The minimum Gasteiger partial charge on any atom is -0.332 e. The van der Waals surface area contributed by atoms with E-state index in [1.54, 1.807) is 4.90 Å². The van der Waals surface area contributed by atoms with Crippen LogP contribution in [0.1, 0.15) is 30.0 Å². The van der Waals surface area contributed by atoms with Gasteiger partial charge < -0.3 is 15.1 Å². The van der Waals surface area contributed by atoms with Gasteiger partial charge in [-0.3, -0.25) is 4.79 Å². The largest absolute Gasteiger partial charge is 0.332 e. The molecule has 28 heavy (non-hydrogen) atoms. The number of nitrogens with one attached hydrogen (secondary N) is 1. The van der Waals surface area contributed by atoms with Crippen LogP contribution in [0.25, 0.3) is 0 Å². The lowest BCUT2D eigenvalue weighted by Crippen LogP contribution is -2.56. The van der Waals surface area contributed by atoms with Crippen LogP contribution in [0, 0.1) is 17.5 Å². The summed E-state index contributed by atoms with van der Waals surface area (Å²) in [6.07, 6.45) is 0. The first kappa shape index (κ1) is 18.3. The van der Waals surface area contributed by atoms with Crippen LogP contribution in [0.4, 0.5) is 23.7 Å². The minimum atomic E-state index is -1.66. The Bertz CT molecular complexity index is 966. The Morgan fingerprint density at radius 3 is 2.50 bits per heavy atom. The van der Waals surface area contributed by atoms with E-state index in [0.717, 1.165) is 23.3 Å². The molecule has 3 amide bonds. The smallest absolute Gasteiger partial charge is 0.322 e. The highest BCUT2D eigenvalue weighted by molar-refractivity contribution is 5.93. The van der Waals surface area contributed by atoms with E-state index >= 15 is 0 Å². The van der Waals surface area contributed by atoms with E-state index in [1.807, 2.05) is 31.2 Å². The van der Waals surface area contributed by atoms with Crippen molar-refractivity contribution in [3.8, 4) is 0 Å². The Kier molecular flexibility index (Phi) is 4.49. The van der Waals surface area contributed by atoms with Gasteiger partial charge in [0.05, 0.1) is 11.7 Å². The number of urea groups is 1. The van der Waals surface area contributed by atoms with Crippen LogP contribution in [0.3, 0.4) is 0 Å². The molecule has 0 spiro atoms. The van der Waals surface area contributed by atoms with Crippen molar-refractivity contribution in [1.29, 1.82) is 0 Å². The van der Waals surface area contributed by atoms with Gasteiger partial charge in [-0.15, -0.1) is 0 Å². The Balaban J connectivity index is 1.58. The van der Waals surface area contributed by atoms with Crippen molar-refractivity contribution in [3.63, 3.8) is 0 Å². The van der Waals surface area contributed by atoms with Crippen LogP contribution >= 0.6 is 0 Å². The van der Waals surface area contributed by atoms with Gasteiger partial charge in [-0.2, -0.15) is 0 Å². The molecule has 0 radical (unpaired) electrons. The molecule has 1 N–H and O–H groups in total. The molecule has 2 atom stereocenters. The van der Waals surface area contributed by atoms with Crippen molar-refractivity contribution in [1.82, 2.24) is 9.80 Å². The number of carbonyl (C=O) groups is 2. The third-order valence-electron chi connectivity index (χ3n) is 5.34. The number of hydrogen-bond donors (Lipinski definition) is 1. The van der Waals surface area contributed by atoms with Gasteiger partial charge in [-0.1, -0.05) is 31.2 Å². The third-order valence-corrected chi connectivity index (χ3v) is 5.34. The van der Waals surface area contributed by atoms with Gasteiger partial charge in [0.25, 0.3) is 0 Å². The summed E-state index contributed by atoms with van der Waals surface area (Å²) < 4.78 is 40.3. The molecule has 1 saturated heterocycles. The van der Waals surface area contributed by atoms with Gasteiger partial charge in [-0.05, 0) is 29.2 Å². The molecular weight excluding hydrogens is 371 g/mol. The fourth-order valence-corrected chi connectivity index (χ4v) is 3.92. The van der Waals surface area contributed by atoms with Crippen LogP contribution in [-0.4, -0.2) is 41.4 Å². The zero-order valence-corrected chi connectivity index (χ0v) is 15.1. The van der Waals surface area contributed by atoms with Gasteiger partial charge in [0, 0.05) is 13.1 Å². The molecule has 2 aromatic rings. The van der Waals surface area contributed by atoms with Crippen molar-refractivity contribution in [2.24, 2.45) is 0 Å². The second-order valence-corrected chi connectivity index (χ2v) is 7.13. The molecule has 2 aliphatic rings. The van der Waals surface area contributed by atoms with Gasteiger partial charge in [0.1, 0.15) is 6.54 Å². The molecule has 146 valence electrons. The van der Waals surface area contributed by atoms with E-state index < -0.39 is 29.2 Å². The molecule has 0 unspecified atom stereocenters. The summed E-state index contributed by atoms with van der Waals surface area (Å²) in [5.41, 5.74) is 1.63. The predicted octanol–water partition coefficient (Wildman–Crippen LogP) is 3.64. The van der Waals surface area contributed by atoms with E-state index in [0.29, 0.717) is 6.54 Å². The monoisotopic (exact) mass is 389 g/mol. The molecule has 2 aliphatic heterocycles. The number of halogens is 3. The van der Waals surface area contributed by atoms with E-state index in [2.05, 4.69) is 5.32 Å². The summed E-state index contributed by atoms with van der Waals surface area (Å²) in [4.78, 5) is 28.2. The van der Waals surface area contributed by atoms with Crippen LogP contribution in [0.2, 0.25) is 0 Å². The molecule has 8 heteroatoms. The van der Waals surface area contributed by atoms with E-state index in [9.17, 15) is 22.8 Å². The Labute approximate surface area is 159 Å². The zero-order valence-electron chi connectivity index (χ0n) is 15.1. The quantitative estimate of drug-likeness (QED) is 0.758. The SMILES string of the molecule is C[C@@H]1CN2C(=O)CN(C(=O)Nc3ccc(F)c(F)c3F)C[C@@H]2c2ccccc21. The highest BCUT2D eigenvalue weighted by Crippen LogP contribution is 2.38. The molecule has 2 heterocycles. The number of rotatable bonds is 1. The second kappa shape index (κ2) is 6.85. The van der Waals surface area contributed by atoms with Crippen LogP contribution in [0.5, 0.6) is 0 Å². The van der Waals surface area contributed by atoms with Gasteiger partial charge in [-0.25, -0.2) is 18.0 Å². The summed E-state index contributed by atoms with van der Waals surface area (Å²) in [5, 5.41) is 2.23. The fourth-order valence-electron chi connectivity index (χ4n) is 3.92. The molecule has 4 rings (SSSR count). The molecule has 0 bridgehead atoms. The predicted molar refractivity (Wildman–Crippen MR) is 96.2 cm³/mol. The number of piperazine rings is 1. The Hall–Kier alpha value is -3.03. The Morgan fingerprint density at radius 1 is 1.04 bits per heavy atom. The number of benzene rings is 2. The van der Waals surface area contributed by atoms with Crippen LogP contribution < -0.4 is 5.32 Å². The van der Waals surface area contributed by atoms with Gasteiger partial charge in [0.2, 0.25) is 5.91 Å². The maximum Gasteiger partial charge on any atom is 0.322 e. The lowest BCUT2D eigenvalue weighted by molar-refractivity contribution is -0.139. The summed E-state index contributed by atoms with van der Waals surface area (Å²) in [7, 11) is 0. The first-order valence-electron chi connectivity index (χ1n) is 8.94. The topological polar surface area (TPSA) is 52.7 Å². The average Bonchev–Trinajstić information content (AvgIpc) is 2.69. The lowest BCUT2D eigenvalue weighted by atomic mass is 9.85. The van der Waals surface area contributed by atoms with Crippen molar-refractivity contribution in [2.45, 2.75) is 18.9 Å². The second-order valence-electron chi connectivity index (χ2n) is 7.13. The summed E-state index contributed by atoms with van der Waals surface area (Å²) in [6, 6.07) is 8.41. The molecule has 0 aliphatic carbocycles. The van der Waals surface area contributed by atoms with Gasteiger partial charge >= 0.3 is 6.03 Å². The standard InChI is InChI=1S/C20H18F3N3O2/c1-11-8-26-16(13-5-3-2-4-12(11)13)9-25(10-17(26)27)20(28)24-15-7-6-14(21)18(22)19(15)23/h2-7,11,16H,8-10H2,1H3,(H,24,28)/t11-,16-/m1/s1. The third kappa shape index (κ3) is 2.98. The number of nitrogens with zero attached hydrogens (tertiary/aromatic N) is 2. The molecule has 1 fully saturated rings. The van der Waals surface area contributed by atoms with Crippen molar-refractivity contribution >= 4 is 17.6 Å². The normalized spacial score (nSPS) is 21.2. The zero-order chi connectivity index (χ0) is 20.0.